The number of rotatable bonds is 3. The smallest absolute Gasteiger partial charge is 0.409 e. The fourth-order valence-corrected chi connectivity index (χ4v) is 5.14. The average Bonchev–Trinajstić information content (AvgIpc) is 3.32. The van der Waals surface area contributed by atoms with Gasteiger partial charge < -0.3 is 19.5 Å². The molecular weight excluding hydrogens is 382 g/mol. The highest BCUT2D eigenvalue weighted by Gasteiger charge is 2.45. The second-order valence-corrected chi connectivity index (χ2v) is 8.63. The number of likely N-dealkylation sites (tertiary alicyclic amines) is 1. The lowest BCUT2D eigenvalue weighted by atomic mass is 9.77. The van der Waals surface area contributed by atoms with Crippen molar-refractivity contribution in [2.24, 2.45) is 5.41 Å². The van der Waals surface area contributed by atoms with Crippen LogP contribution in [-0.4, -0.2) is 54.5 Å². The number of carbonyl (C=O) groups excluding carboxylic acids is 1. The molecule has 2 fully saturated rings. The molecule has 0 bridgehead atoms. The molecule has 2 heterocycles. The maximum Gasteiger partial charge on any atom is 0.409 e. The van der Waals surface area contributed by atoms with Crippen LogP contribution in [-0.2, 0) is 14.3 Å². The number of amides is 1. The van der Waals surface area contributed by atoms with Gasteiger partial charge in [-0.1, -0.05) is 48.5 Å². The third-order valence-corrected chi connectivity index (χ3v) is 6.90. The molecule has 1 unspecified atom stereocenters. The number of benzene rings is 2. The summed E-state index contributed by atoms with van der Waals surface area (Å²) in [6.45, 7) is 1.93. The lowest BCUT2D eigenvalue weighted by molar-refractivity contribution is -0.147. The Kier molecular flexibility index (Phi) is 4.74. The van der Waals surface area contributed by atoms with Crippen LogP contribution in [0.15, 0.2) is 48.5 Å². The predicted octanol–water partition coefficient (Wildman–Crippen LogP) is 3.89. The summed E-state index contributed by atoms with van der Waals surface area (Å²) >= 11 is 0. The van der Waals surface area contributed by atoms with Gasteiger partial charge in [-0.25, -0.2) is 9.59 Å². The maximum absolute atomic E-state index is 12.7. The number of carboxylic acid groups (broad SMARTS) is 1. The highest BCUT2D eigenvalue weighted by atomic mass is 16.6. The summed E-state index contributed by atoms with van der Waals surface area (Å²) < 4.78 is 11.2. The van der Waals surface area contributed by atoms with Gasteiger partial charge in [-0.05, 0) is 41.5 Å². The summed E-state index contributed by atoms with van der Waals surface area (Å²) in [5.41, 5.74) is 4.70. The summed E-state index contributed by atoms with van der Waals surface area (Å²) in [5, 5.41) is 9.17. The van der Waals surface area contributed by atoms with Gasteiger partial charge in [0.1, 0.15) is 6.61 Å². The molecule has 6 heteroatoms. The largest absolute Gasteiger partial charge is 0.479 e. The van der Waals surface area contributed by atoms with Gasteiger partial charge in [0, 0.05) is 24.4 Å². The first-order chi connectivity index (χ1) is 14.6. The lowest BCUT2D eigenvalue weighted by Gasteiger charge is -2.37. The number of fused-ring (bicyclic) bond motifs is 3. The Morgan fingerprint density at radius 2 is 1.63 bits per heavy atom. The van der Waals surface area contributed by atoms with Gasteiger partial charge >= 0.3 is 12.1 Å². The minimum absolute atomic E-state index is 0.0528. The highest BCUT2D eigenvalue weighted by molar-refractivity contribution is 5.79. The number of carbonyl (C=O) groups is 2. The fourth-order valence-electron chi connectivity index (χ4n) is 5.14. The van der Waals surface area contributed by atoms with E-state index < -0.39 is 12.1 Å². The molecule has 1 aliphatic carbocycles. The molecule has 2 aliphatic heterocycles. The second kappa shape index (κ2) is 7.43. The molecule has 0 aromatic heterocycles. The number of piperidine rings is 1. The summed E-state index contributed by atoms with van der Waals surface area (Å²) in [6, 6.07) is 16.6. The maximum atomic E-state index is 12.7. The zero-order chi connectivity index (χ0) is 20.7. The first-order valence-corrected chi connectivity index (χ1v) is 10.5. The van der Waals surface area contributed by atoms with Crippen molar-refractivity contribution in [3.8, 4) is 11.1 Å². The fraction of sp³-hybridized carbons (Fsp3) is 0.417. The van der Waals surface area contributed by atoms with Crippen LogP contribution in [0.25, 0.3) is 11.1 Å². The normalized spacial score (nSPS) is 22.0. The van der Waals surface area contributed by atoms with Crippen LogP contribution in [0.5, 0.6) is 0 Å². The van der Waals surface area contributed by atoms with Crippen LogP contribution in [0.1, 0.15) is 36.3 Å². The molecule has 2 aromatic rings. The first kappa shape index (κ1) is 19.1. The Labute approximate surface area is 175 Å². The molecule has 1 amide bonds. The molecule has 0 radical (unpaired) electrons. The third kappa shape index (κ3) is 3.25. The topological polar surface area (TPSA) is 76.1 Å². The quantitative estimate of drug-likeness (QED) is 0.835. The van der Waals surface area contributed by atoms with Crippen molar-refractivity contribution in [3.63, 3.8) is 0 Å². The number of aliphatic carboxylic acids is 1. The van der Waals surface area contributed by atoms with E-state index in [1.165, 1.54) is 22.3 Å². The second-order valence-electron chi connectivity index (χ2n) is 8.63. The van der Waals surface area contributed by atoms with Crippen molar-refractivity contribution in [2.75, 3.05) is 26.3 Å². The van der Waals surface area contributed by atoms with Gasteiger partial charge in [0.25, 0.3) is 0 Å². The van der Waals surface area contributed by atoms with E-state index in [9.17, 15) is 14.7 Å². The van der Waals surface area contributed by atoms with Crippen molar-refractivity contribution in [3.05, 3.63) is 59.7 Å². The lowest BCUT2D eigenvalue weighted by Crippen LogP contribution is -2.44. The summed E-state index contributed by atoms with van der Waals surface area (Å²) in [5.74, 6) is -0.845. The van der Waals surface area contributed by atoms with Crippen molar-refractivity contribution < 1.29 is 24.2 Å². The molecule has 156 valence electrons. The van der Waals surface area contributed by atoms with Crippen LogP contribution in [0.2, 0.25) is 0 Å². The minimum Gasteiger partial charge on any atom is -0.479 e. The molecule has 0 saturated carbocycles. The standard InChI is InChI=1S/C24H25NO5/c26-22(27)21-13-24(15-30-21)9-11-25(12-10-24)23(28)29-14-20-18-7-3-1-5-16(18)17-6-2-4-8-19(17)20/h1-8,20-21H,9-15H2,(H,26,27). The Bertz CT molecular complexity index is 934. The van der Waals surface area contributed by atoms with Crippen LogP contribution >= 0.6 is 0 Å². The summed E-state index contributed by atoms with van der Waals surface area (Å²) in [4.78, 5) is 25.7. The third-order valence-electron chi connectivity index (χ3n) is 6.90. The van der Waals surface area contributed by atoms with Crippen LogP contribution in [0.4, 0.5) is 4.79 Å². The molecule has 1 atom stereocenters. The van der Waals surface area contributed by atoms with Crippen molar-refractivity contribution in [1.82, 2.24) is 4.90 Å². The molecule has 1 spiro atoms. The van der Waals surface area contributed by atoms with Gasteiger partial charge in [0.2, 0.25) is 0 Å². The summed E-state index contributed by atoms with van der Waals surface area (Å²) in [6.07, 6.45) is 1.02. The van der Waals surface area contributed by atoms with Gasteiger partial charge in [-0.2, -0.15) is 0 Å². The molecule has 3 aliphatic rings. The molecule has 1 N–H and O–H groups in total. The Hall–Kier alpha value is -2.86. The highest BCUT2D eigenvalue weighted by Crippen LogP contribution is 2.45. The Morgan fingerprint density at radius 1 is 1.03 bits per heavy atom. The van der Waals surface area contributed by atoms with Crippen LogP contribution in [0.3, 0.4) is 0 Å². The number of ether oxygens (including phenoxy) is 2. The van der Waals surface area contributed by atoms with E-state index in [2.05, 4.69) is 24.3 Å². The van der Waals surface area contributed by atoms with Crippen molar-refractivity contribution in [2.45, 2.75) is 31.3 Å². The van der Waals surface area contributed by atoms with Crippen molar-refractivity contribution in [1.29, 1.82) is 0 Å². The van der Waals surface area contributed by atoms with Crippen LogP contribution < -0.4 is 0 Å². The Morgan fingerprint density at radius 3 is 2.20 bits per heavy atom. The van der Waals surface area contributed by atoms with Crippen LogP contribution in [0, 0.1) is 5.41 Å². The molecule has 2 aromatic carbocycles. The van der Waals surface area contributed by atoms with Gasteiger partial charge in [0.05, 0.1) is 6.61 Å². The predicted molar refractivity (Wildman–Crippen MR) is 110 cm³/mol. The number of carboxylic acids is 1. The molecule has 6 nitrogen and oxygen atoms in total. The minimum atomic E-state index is -0.897. The number of hydrogen-bond acceptors (Lipinski definition) is 4. The van der Waals surface area contributed by atoms with E-state index >= 15 is 0 Å². The molecule has 5 rings (SSSR count). The number of hydrogen-bond donors (Lipinski definition) is 1. The molecule has 30 heavy (non-hydrogen) atoms. The van der Waals surface area contributed by atoms with Gasteiger partial charge in [-0.3, -0.25) is 0 Å². The van der Waals surface area contributed by atoms with Gasteiger partial charge in [0.15, 0.2) is 6.10 Å². The van der Waals surface area contributed by atoms with E-state index in [-0.39, 0.29) is 17.4 Å². The van der Waals surface area contributed by atoms with E-state index in [4.69, 9.17) is 9.47 Å². The zero-order valence-electron chi connectivity index (χ0n) is 16.8. The van der Waals surface area contributed by atoms with E-state index in [0.717, 1.165) is 12.8 Å². The van der Waals surface area contributed by atoms with E-state index in [1.807, 2.05) is 24.3 Å². The van der Waals surface area contributed by atoms with Gasteiger partial charge in [-0.15, -0.1) is 0 Å². The SMILES string of the molecule is O=C(O)C1CC2(CCN(C(=O)OCC3c4ccccc4-c4ccccc43)CC2)CO1. The Balaban J connectivity index is 1.21. The monoisotopic (exact) mass is 407 g/mol. The average molecular weight is 407 g/mol. The molecular formula is C24H25NO5. The summed E-state index contributed by atoms with van der Waals surface area (Å²) in [7, 11) is 0. The zero-order valence-corrected chi connectivity index (χ0v) is 16.8. The number of nitrogens with zero attached hydrogens (tertiary/aromatic N) is 1. The first-order valence-electron chi connectivity index (χ1n) is 10.5. The van der Waals surface area contributed by atoms with E-state index in [0.29, 0.717) is 32.7 Å². The van der Waals surface area contributed by atoms with E-state index in [1.54, 1.807) is 4.90 Å². The van der Waals surface area contributed by atoms with Crippen molar-refractivity contribution >= 4 is 12.1 Å². The molecule has 2 saturated heterocycles.